The van der Waals surface area contributed by atoms with Gasteiger partial charge in [0, 0.05) is 5.69 Å². The smallest absolute Gasteiger partial charge is 0.233 e. The minimum absolute atomic E-state index is 0.0944. The molecule has 0 amide bonds. The molecule has 0 radical (unpaired) electrons. The van der Waals surface area contributed by atoms with Crippen molar-refractivity contribution in [2.24, 2.45) is 0 Å². The van der Waals surface area contributed by atoms with Gasteiger partial charge in [-0.2, -0.15) is 0 Å². The number of aromatic nitrogens is 1. The molecule has 1 aromatic carbocycles. The summed E-state index contributed by atoms with van der Waals surface area (Å²) in [4.78, 5) is 4.14. The van der Waals surface area contributed by atoms with Crippen LogP contribution in [-0.4, -0.2) is 19.2 Å². The molecule has 0 fully saturated rings. The summed E-state index contributed by atoms with van der Waals surface area (Å²) in [7, 11) is -3.30. The average molecular weight is 319 g/mol. The predicted molar refractivity (Wildman–Crippen MR) is 91.1 cm³/mol. The fourth-order valence-corrected chi connectivity index (χ4v) is 3.13. The summed E-state index contributed by atoms with van der Waals surface area (Å²) in [5.74, 6) is 0.428. The van der Waals surface area contributed by atoms with E-state index in [1.54, 1.807) is 18.3 Å². The van der Waals surface area contributed by atoms with E-state index in [9.17, 15) is 8.42 Å². The molecule has 1 aromatic heterocycles. The maximum Gasteiger partial charge on any atom is 0.233 e. The van der Waals surface area contributed by atoms with Crippen LogP contribution in [0.15, 0.2) is 36.5 Å². The average Bonchev–Trinajstić information content (AvgIpc) is 2.45. The maximum absolute atomic E-state index is 11.7. The molecule has 2 rings (SSSR count). The Bertz CT molecular complexity index is 740. The molecule has 2 N–H and O–H groups in total. The van der Waals surface area contributed by atoms with Crippen LogP contribution >= 0.6 is 0 Å². The van der Waals surface area contributed by atoms with Gasteiger partial charge < -0.3 is 5.32 Å². The quantitative estimate of drug-likeness (QED) is 0.853. The molecule has 0 aliphatic heterocycles. The topological polar surface area (TPSA) is 71.1 Å². The number of rotatable bonds is 6. The summed E-state index contributed by atoms with van der Waals surface area (Å²) in [6.07, 6.45) is 2.19. The fraction of sp³-hybridized carbons (Fsp3) is 0.312. The highest BCUT2D eigenvalue weighted by Gasteiger charge is 2.09. The van der Waals surface area contributed by atoms with E-state index < -0.39 is 10.0 Å². The Kier molecular flexibility index (Phi) is 5.03. The highest BCUT2D eigenvalue weighted by molar-refractivity contribution is 7.92. The molecule has 2 aromatic rings. The predicted octanol–water partition coefficient (Wildman–Crippen LogP) is 3.59. The Morgan fingerprint density at radius 3 is 2.55 bits per heavy atom. The Morgan fingerprint density at radius 2 is 1.91 bits per heavy atom. The molecule has 0 unspecified atom stereocenters. The lowest BCUT2D eigenvalue weighted by molar-refractivity contribution is 0.599. The SMILES string of the molecule is CCCS(=O)(=O)Nc1ccc(Nc2cccc(C)c2C)cn1. The summed E-state index contributed by atoms with van der Waals surface area (Å²) in [6.45, 7) is 5.94. The molecular weight excluding hydrogens is 298 g/mol. The Balaban J connectivity index is 2.11. The van der Waals surface area contributed by atoms with Gasteiger partial charge in [0.05, 0.1) is 17.6 Å². The molecule has 118 valence electrons. The lowest BCUT2D eigenvalue weighted by atomic mass is 10.1. The van der Waals surface area contributed by atoms with Gasteiger partial charge in [-0.15, -0.1) is 0 Å². The molecule has 6 heteroatoms. The summed E-state index contributed by atoms with van der Waals surface area (Å²) in [5.41, 5.74) is 4.21. The molecule has 0 saturated carbocycles. The van der Waals surface area contributed by atoms with Crippen molar-refractivity contribution in [2.45, 2.75) is 27.2 Å². The standard InChI is InChI=1S/C16H21N3O2S/c1-4-10-22(20,21)19-16-9-8-14(11-17-16)18-15-7-5-6-12(2)13(15)3/h5-9,11,18H,4,10H2,1-3H3,(H,17,19). The van der Waals surface area contributed by atoms with Crippen LogP contribution in [0.4, 0.5) is 17.2 Å². The van der Waals surface area contributed by atoms with Crippen LogP contribution in [0, 0.1) is 13.8 Å². The summed E-state index contributed by atoms with van der Waals surface area (Å²) in [5, 5.41) is 3.29. The normalized spacial score (nSPS) is 11.2. The third-order valence-corrected chi connectivity index (χ3v) is 4.85. The summed E-state index contributed by atoms with van der Waals surface area (Å²) < 4.78 is 25.8. The van der Waals surface area contributed by atoms with Crippen molar-refractivity contribution in [3.05, 3.63) is 47.7 Å². The lowest BCUT2D eigenvalue weighted by Crippen LogP contribution is -2.16. The summed E-state index contributed by atoms with van der Waals surface area (Å²) in [6, 6.07) is 9.51. The van der Waals surface area contributed by atoms with Crippen molar-refractivity contribution in [3.63, 3.8) is 0 Å². The van der Waals surface area contributed by atoms with Crippen LogP contribution in [0.25, 0.3) is 0 Å². The van der Waals surface area contributed by atoms with Gasteiger partial charge in [0.2, 0.25) is 10.0 Å². The van der Waals surface area contributed by atoms with Gasteiger partial charge in [0.15, 0.2) is 0 Å². The lowest BCUT2D eigenvalue weighted by Gasteiger charge is -2.12. The minimum atomic E-state index is -3.30. The fourth-order valence-electron chi connectivity index (χ4n) is 2.05. The Labute approximate surface area is 131 Å². The number of aryl methyl sites for hydroxylation is 1. The van der Waals surface area contributed by atoms with Gasteiger partial charge in [0.25, 0.3) is 0 Å². The zero-order valence-corrected chi connectivity index (χ0v) is 13.9. The van der Waals surface area contributed by atoms with Gasteiger partial charge in [0.1, 0.15) is 5.82 Å². The van der Waals surface area contributed by atoms with E-state index in [2.05, 4.69) is 34.9 Å². The zero-order valence-electron chi connectivity index (χ0n) is 13.1. The van der Waals surface area contributed by atoms with Crippen LogP contribution in [0.2, 0.25) is 0 Å². The number of sulfonamides is 1. The van der Waals surface area contributed by atoms with Crippen molar-refractivity contribution >= 4 is 27.2 Å². The Morgan fingerprint density at radius 1 is 1.14 bits per heavy atom. The number of hydrogen-bond acceptors (Lipinski definition) is 4. The molecule has 5 nitrogen and oxygen atoms in total. The number of nitrogens with one attached hydrogen (secondary N) is 2. The second kappa shape index (κ2) is 6.79. The number of benzene rings is 1. The van der Waals surface area contributed by atoms with E-state index >= 15 is 0 Å². The van der Waals surface area contributed by atoms with Crippen molar-refractivity contribution in [1.82, 2.24) is 4.98 Å². The zero-order chi connectivity index (χ0) is 16.2. The first-order valence-corrected chi connectivity index (χ1v) is 8.86. The van der Waals surface area contributed by atoms with E-state index in [0.29, 0.717) is 12.2 Å². The first kappa shape index (κ1) is 16.3. The number of hydrogen-bond donors (Lipinski definition) is 2. The van der Waals surface area contributed by atoms with E-state index in [4.69, 9.17) is 0 Å². The highest BCUT2D eigenvalue weighted by Crippen LogP contribution is 2.23. The Hall–Kier alpha value is -2.08. The third kappa shape index (κ3) is 4.21. The maximum atomic E-state index is 11.7. The van der Waals surface area contributed by atoms with Crippen molar-refractivity contribution in [3.8, 4) is 0 Å². The van der Waals surface area contributed by atoms with Crippen LogP contribution in [0.5, 0.6) is 0 Å². The monoisotopic (exact) mass is 319 g/mol. The molecule has 0 bridgehead atoms. The second-order valence-corrected chi connectivity index (χ2v) is 7.07. The number of anilines is 3. The third-order valence-electron chi connectivity index (χ3n) is 3.38. The van der Waals surface area contributed by atoms with Gasteiger partial charge in [-0.1, -0.05) is 19.1 Å². The molecule has 0 spiro atoms. The molecular formula is C16H21N3O2S. The van der Waals surface area contributed by atoms with Crippen LogP contribution in [0.1, 0.15) is 24.5 Å². The van der Waals surface area contributed by atoms with Crippen LogP contribution in [-0.2, 0) is 10.0 Å². The highest BCUT2D eigenvalue weighted by atomic mass is 32.2. The minimum Gasteiger partial charge on any atom is -0.354 e. The van der Waals surface area contributed by atoms with Crippen LogP contribution in [0.3, 0.4) is 0 Å². The molecule has 0 aliphatic rings. The molecule has 0 saturated heterocycles. The van der Waals surface area contributed by atoms with E-state index in [0.717, 1.165) is 11.4 Å². The first-order chi connectivity index (χ1) is 10.4. The van der Waals surface area contributed by atoms with Crippen molar-refractivity contribution in [1.29, 1.82) is 0 Å². The van der Waals surface area contributed by atoms with E-state index in [1.165, 1.54) is 11.1 Å². The van der Waals surface area contributed by atoms with Gasteiger partial charge in [-0.3, -0.25) is 4.72 Å². The van der Waals surface area contributed by atoms with Crippen molar-refractivity contribution < 1.29 is 8.42 Å². The molecule has 0 aliphatic carbocycles. The van der Waals surface area contributed by atoms with Gasteiger partial charge >= 0.3 is 0 Å². The molecule has 0 atom stereocenters. The van der Waals surface area contributed by atoms with Crippen LogP contribution < -0.4 is 10.0 Å². The van der Waals surface area contributed by atoms with Gasteiger partial charge in [-0.25, -0.2) is 13.4 Å². The van der Waals surface area contributed by atoms with Gasteiger partial charge in [-0.05, 0) is 49.6 Å². The summed E-state index contributed by atoms with van der Waals surface area (Å²) >= 11 is 0. The number of pyridine rings is 1. The van der Waals surface area contributed by atoms with Crippen molar-refractivity contribution in [2.75, 3.05) is 15.8 Å². The first-order valence-electron chi connectivity index (χ1n) is 7.21. The molecule has 1 heterocycles. The largest absolute Gasteiger partial charge is 0.354 e. The second-order valence-electron chi connectivity index (χ2n) is 5.23. The molecule has 22 heavy (non-hydrogen) atoms. The van der Waals surface area contributed by atoms with E-state index in [1.807, 2.05) is 19.1 Å². The number of nitrogens with zero attached hydrogens (tertiary/aromatic N) is 1. The van der Waals surface area contributed by atoms with E-state index in [-0.39, 0.29) is 5.75 Å².